The van der Waals surface area contributed by atoms with Gasteiger partial charge in [-0.25, -0.2) is 0 Å². The molecule has 1 unspecified atom stereocenters. The van der Waals surface area contributed by atoms with Crippen LogP contribution < -0.4 is 9.80 Å². The van der Waals surface area contributed by atoms with Crippen molar-refractivity contribution in [2.75, 3.05) is 55.3 Å². The summed E-state index contributed by atoms with van der Waals surface area (Å²) in [5.41, 5.74) is 3.33. The van der Waals surface area contributed by atoms with Gasteiger partial charge in [-0.2, -0.15) is 0 Å². The van der Waals surface area contributed by atoms with Crippen molar-refractivity contribution in [2.24, 2.45) is 0 Å². The number of nitrogens with zero attached hydrogens (tertiary/aromatic N) is 3. The molecule has 0 aromatic heterocycles. The van der Waals surface area contributed by atoms with E-state index < -0.39 is 0 Å². The second kappa shape index (κ2) is 10.5. The Balaban J connectivity index is 0.00000256. The molecule has 0 spiro atoms. The van der Waals surface area contributed by atoms with E-state index >= 15 is 0 Å². The molecule has 4 nitrogen and oxygen atoms in total. The summed E-state index contributed by atoms with van der Waals surface area (Å²) in [6, 6.07) is 13.9. The monoisotopic (exact) mass is 485 g/mol. The standard InChI is InChI=1S/C22H25Cl2N3OS.ClH/c1-25-8-10-26(11-9-25)20-5-3-2-4-16(20)14-21-22(28)27(12-13-29-21)17-6-7-18(23)19(24)15-17;/h2-7,15,21H,8-14H2,1H3;1H. The van der Waals surface area contributed by atoms with E-state index in [0.717, 1.165) is 44.0 Å². The van der Waals surface area contributed by atoms with Crippen molar-refractivity contribution in [3.05, 3.63) is 58.1 Å². The molecule has 2 saturated heterocycles. The summed E-state index contributed by atoms with van der Waals surface area (Å²) >= 11 is 14.0. The number of piperazine rings is 1. The molecule has 0 aliphatic carbocycles. The first-order chi connectivity index (χ1) is 14.0. The van der Waals surface area contributed by atoms with E-state index in [4.69, 9.17) is 23.2 Å². The van der Waals surface area contributed by atoms with Crippen LogP contribution in [0.15, 0.2) is 42.5 Å². The fourth-order valence-corrected chi connectivity index (χ4v) is 5.37. The minimum absolute atomic E-state index is 0. The van der Waals surface area contributed by atoms with Crippen molar-refractivity contribution in [3.8, 4) is 0 Å². The molecule has 2 aliphatic rings. The van der Waals surface area contributed by atoms with Crippen LogP contribution >= 0.6 is 47.4 Å². The second-order valence-electron chi connectivity index (χ2n) is 7.57. The number of amides is 1. The van der Waals surface area contributed by atoms with Crippen LogP contribution in [0.4, 0.5) is 11.4 Å². The summed E-state index contributed by atoms with van der Waals surface area (Å²) in [5.74, 6) is 1.06. The Labute approximate surface area is 198 Å². The summed E-state index contributed by atoms with van der Waals surface area (Å²) in [4.78, 5) is 19.9. The van der Waals surface area contributed by atoms with Crippen molar-refractivity contribution in [1.29, 1.82) is 0 Å². The lowest BCUT2D eigenvalue weighted by Crippen LogP contribution is -2.46. The van der Waals surface area contributed by atoms with Gasteiger partial charge in [-0.05, 0) is 43.3 Å². The maximum absolute atomic E-state index is 13.3. The van der Waals surface area contributed by atoms with Gasteiger partial charge in [-0.15, -0.1) is 24.2 Å². The van der Waals surface area contributed by atoms with Crippen LogP contribution in [0.1, 0.15) is 5.56 Å². The fraction of sp³-hybridized carbons (Fsp3) is 0.409. The van der Waals surface area contributed by atoms with Gasteiger partial charge in [0.15, 0.2) is 0 Å². The van der Waals surface area contributed by atoms with Crippen molar-refractivity contribution in [3.63, 3.8) is 0 Å². The highest BCUT2D eigenvalue weighted by molar-refractivity contribution is 8.00. The van der Waals surface area contributed by atoms with E-state index in [9.17, 15) is 4.79 Å². The first kappa shape index (κ1) is 23.6. The highest BCUT2D eigenvalue weighted by atomic mass is 35.5. The third-order valence-electron chi connectivity index (χ3n) is 5.63. The van der Waals surface area contributed by atoms with E-state index in [2.05, 4.69) is 41.1 Å². The van der Waals surface area contributed by atoms with E-state index in [-0.39, 0.29) is 23.6 Å². The Hall–Kier alpha value is -1.11. The first-order valence-electron chi connectivity index (χ1n) is 9.92. The number of carbonyl (C=O) groups is 1. The molecule has 0 saturated carbocycles. The quantitative estimate of drug-likeness (QED) is 0.617. The first-order valence-corrected chi connectivity index (χ1v) is 11.7. The van der Waals surface area contributed by atoms with Gasteiger partial charge in [0.1, 0.15) is 0 Å². The van der Waals surface area contributed by atoms with Crippen molar-refractivity contribution < 1.29 is 4.79 Å². The van der Waals surface area contributed by atoms with Crippen LogP contribution in [-0.2, 0) is 11.2 Å². The molecule has 2 heterocycles. The average molecular weight is 487 g/mol. The van der Waals surface area contributed by atoms with Crippen LogP contribution in [-0.4, -0.2) is 61.6 Å². The lowest BCUT2D eigenvalue weighted by Gasteiger charge is -2.36. The Kier molecular flexibility index (Phi) is 8.22. The maximum Gasteiger partial charge on any atom is 0.240 e. The number of benzene rings is 2. The number of carbonyl (C=O) groups excluding carboxylic acids is 1. The predicted octanol–water partition coefficient (Wildman–Crippen LogP) is 4.86. The maximum atomic E-state index is 13.3. The third-order valence-corrected chi connectivity index (χ3v) is 7.56. The van der Waals surface area contributed by atoms with Gasteiger partial charge in [0.25, 0.3) is 0 Å². The number of anilines is 2. The summed E-state index contributed by atoms with van der Waals surface area (Å²) < 4.78 is 0. The van der Waals surface area contributed by atoms with Gasteiger partial charge in [0.2, 0.25) is 5.91 Å². The molecule has 2 aromatic rings. The van der Waals surface area contributed by atoms with Crippen LogP contribution in [0, 0.1) is 0 Å². The van der Waals surface area contributed by atoms with Gasteiger partial charge >= 0.3 is 0 Å². The molecule has 2 fully saturated rings. The van der Waals surface area contributed by atoms with Crippen LogP contribution in [0.2, 0.25) is 10.0 Å². The Morgan fingerprint density at radius 1 is 1.00 bits per heavy atom. The van der Waals surface area contributed by atoms with Crippen molar-refractivity contribution in [2.45, 2.75) is 11.7 Å². The van der Waals surface area contributed by atoms with Gasteiger partial charge in [0, 0.05) is 49.9 Å². The number of para-hydroxylation sites is 1. The Bertz CT molecular complexity index is 890. The SMILES string of the molecule is CN1CCN(c2ccccc2CC2SCCN(c3ccc(Cl)c(Cl)c3)C2=O)CC1.Cl. The number of rotatable bonds is 4. The summed E-state index contributed by atoms with van der Waals surface area (Å²) in [7, 11) is 2.16. The number of hydrogen-bond donors (Lipinski definition) is 0. The molecule has 1 atom stereocenters. The third kappa shape index (κ3) is 5.20. The van der Waals surface area contributed by atoms with E-state index in [1.54, 1.807) is 23.9 Å². The topological polar surface area (TPSA) is 26.8 Å². The summed E-state index contributed by atoms with van der Waals surface area (Å²) in [6.45, 7) is 4.87. The number of thioether (sulfide) groups is 1. The smallest absolute Gasteiger partial charge is 0.240 e. The highest BCUT2D eigenvalue weighted by Crippen LogP contribution is 2.33. The van der Waals surface area contributed by atoms with Crippen LogP contribution in [0.5, 0.6) is 0 Å². The zero-order valence-corrected chi connectivity index (χ0v) is 20.0. The van der Waals surface area contributed by atoms with Crippen LogP contribution in [0.3, 0.4) is 0 Å². The minimum Gasteiger partial charge on any atom is -0.369 e. The van der Waals surface area contributed by atoms with E-state index in [0.29, 0.717) is 16.6 Å². The lowest BCUT2D eigenvalue weighted by atomic mass is 10.0. The summed E-state index contributed by atoms with van der Waals surface area (Å²) in [6.07, 6.45) is 0.740. The molecule has 2 aromatic carbocycles. The zero-order chi connectivity index (χ0) is 20.4. The molecular formula is C22H26Cl3N3OS. The van der Waals surface area contributed by atoms with Crippen molar-refractivity contribution in [1.82, 2.24) is 4.90 Å². The number of halogens is 3. The van der Waals surface area contributed by atoms with Gasteiger partial charge in [-0.1, -0.05) is 41.4 Å². The minimum atomic E-state index is -0.0909. The molecule has 0 N–H and O–H groups in total. The molecule has 0 bridgehead atoms. The predicted molar refractivity (Wildman–Crippen MR) is 132 cm³/mol. The Morgan fingerprint density at radius 3 is 2.47 bits per heavy atom. The molecular weight excluding hydrogens is 461 g/mol. The molecule has 4 rings (SSSR count). The molecule has 30 heavy (non-hydrogen) atoms. The fourth-order valence-electron chi connectivity index (χ4n) is 3.94. The highest BCUT2D eigenvalue weighted by Gasteiger charge is 2.31. The van der Waals surface area contributed by atoms with E-state index in [1.807, 2.05) is 11.0 Å². The number of likely N-dealkylation sites (N-methyl/N-ethyl adjacent to an activating group) is 1. The number of hydrogen-bond acceptors (Lipinski definition) is 4. The summed E-state index contributed by atoms with van der Waals surface area (Å²) in [5, 5.41) is 0.894. The second-order valence-corrected chi connectivity index (χ2v) is 9.70. The lowest BCUT2D eigenvalue weighted by molar-refractivity contribution is -0.118. The average Bonchev–Trinajstić information content (AvgIpc) is 2.73. The van der Waals surface area contributed by atoms with E-state index in [1.165, 1.54) is 11.3 Å². The van der Waals surface area contributed by atoms with Crippen molar-refractivity contribution >= 4 is 64.7 Å². The van der Waals surface area contributed by atoms with Gasteiger partial charge in [0.05, 0.1) is 15.3 Å². The van der Waals surface area contributed by atoms with Gasteiger partial charge < -0.3 is 14.7 Å². The largest absolute Gasteiger partial charge is 0.369 e. The molecule has 8 heteroatoms. The molecule has 1 amide bonds. The Morgan fingerprint density at radius 2 is 1.73 bits per heavy atom. The zero-order valence-electron chi connectivity index (χ0n) is 16.9. The molecule has 0 radical (unpaired) electrons. The molecule has 162 valence electrons. The normalized spacial score (nSPS) is 20.2. The van der Waals surface area contributed by atoms with Gasteiger partial charge in [-0.3, -0.25) is 4.79 Å². The van der Waals surface area contributed by atoms with Crippen LogP contribution in [0.25, 0.3) is 0 Å². The molecule has 2 aliphatic heterocycles.